The van der Waals surface area contributed by atoms with Crippen LogP contribution < -0.4 is 10.0 Å². The lowest BCUT2D eigenvalue weighted by atomic mass is 10.2. The highest BCUT2D eigenvalue weighted by molar-refractivity contribution is 7.92. The summed E-state index contributed by atoms with van der Waals surface area (Å²) in [6.07, 6.45) is 5.98. The molecule has 2 aromatic rings. The van der Waals surface area contributed by atoms with Gasteiger partial charge < -0.3 is 5.32 Å². The summed E-state index contributed by atoms with van der Waals surface area (Å²) in [5.41, 5.74) is 2.13. The van der Waals surface area contributed by atoms with Crippen LogP contribution in [0.5, 0.6) is 0 Å². The molecule has 0 spiro atoms. The molecule has 100 valence electrons. The van der Waals surface area contributed by atoms with Crippen molar-refractivity contribution >= 4 is 21.4 Å². The fourth-order valence-electron chi connectivity index (χ4n) is 1.54. The third kappa shape index (κ3) is 4.22. The minimum absolute atomic E-state index is 0.516. The molecule has 2 rings (SSSR count). The second-order valence-corrected chi connectivity index (χ2v) is 5.77. The molecule has 7 heteroatoms. The maximum atomic E-state index is 11.3. The van der Waals surface area contributed by atoms with Crippen molar-refractivity contribution in [2.45, 2.75) is 6.54 Å². The summed E-state index contributed by atoms with van der Waals surface area (Å²) < 4.78 is 25.0. The quantitative estimate of drug-likeness (QED) is 0.865. The summed E-state index contributed by atoms with van der Waals surface area (Å²) in [7, 11) is -3.30. The summed E-state index contributed by atoms with van der Waals surface area (Å²) in [6, 6.07) is 7.10. The van der Waals surface area contributed by atoms with E-state index in [0.29, 0.717) is 17.9 Å². The average Bonchev–Trinajstić information content (AvgIpc) is 2.37. The number of anilines is 2. The molecular formula is C12H14N4O2S. The zero-order chi connectivity index (χ0) is 13.7. The number of sulfonamides is 1. The highest BCUT2D eigenvalue weighted by atomic mass is 32.2. The molecule has 2 N–H and O–H groups in total. The molecule has 0 fully saturated rings. The van der Waals surface area contributed by atoms with Crippen molar-refractivity contribution in [3.8, 4) is 0 Å². The molecule has 0 aliphatic rings. The molecule has 1 aromatic heterocycles. The number of nitrogens with one attached hydrogen (secondary N) is 2. The lowest BCUT2D eigenvalue weighted by Crippen LogP contribution is -2.12. The number of aromatic nitrogens is 2. The van der Waals surface area contributed by atoms with Gasteiger partial charge in [0, 0.05) is 24.5 Å². The smallest absolute Gasteiger partial charge is 0.229 e. The first-order chi connectivity index (χ1) is 9.04. The molecule has 0 atom stereocenters. The summed E-state index contributed by atoms with van der Waals surface area (Å²) in [5, 5.41) is 3.15. The molecule has 0 saturated carbocycles. The zero-order valence-electron chi connectivity index (χ0n) is 10.4. The van der Waals surface area contributed by atoms with Crippen LogP contribution in [0.25, 0.3) is 0 Å². The molecule has 0 unspecified atom stereocenters. The molecule has 0 radical (unpaired) electrons. The van der Waals surface area contributed by atoms with E-state index in [1.165, 1.54) is 6.33 Å². The van der Waals surface area contributed by atoms with E-state index in [0.717, 1.165) is 11.8 Å². The average molecular weight is 278 g/mol. The maximum Gasteiger partial charge on any atom is 0.229 e. The SMILES string of the molecule is CS(=O)(=O)Nc1ccccc1NCc1cncnc1. The van der Waals surface area contributed by atoms with Crippen molar-refractivity contribution in [2.24, 2.45) is 0 Å². The second kappa shape index (κ2) is 5.66. The Morgan fingerprint density at radius 1 is 1.11 bits per heavy atom. The van der Waals surface area contributed by atoms with Gasteiger partial charge in [-0.25, -0.2) is 18.4 Å². The molecule has 0 aliphatic heterocycles. The van der Waals surface area contributed by atoms with E-state index in [1.54, 1.807) is 30.6 Å². The van der Waals surface area contributed by atoms with E-state index in [-0.39, 0.29) is 0 Å². The highest BCUT2D eigenvalue weighted by Crippen LogP contribution is 2.22. The summed E-state index contributed by atoms with van der Waals surface area (Å²) in [4.78, 5) is 7.83. The monoisotopic (exact) mass is 278 g/mol. The molecule has 0 saturated heterocycles. The Balaban J connectivity index is 2.12. The van der Waals surface area contributed by atoms with Gasteiger partial charge >= 0.3 is 0 Å². The van der Waals surface area contributed by atoms with Gasteiger partial charge in [0.25, 0.3) is 0 Å². The Labute approximate surface area is 112 Å². The van der Waals surface area contributed by atoms with Gasteiger partial charge in [0.15, 0.2) is 0 Å². The fourth-order valence-corrected chi connectivity index (χ4v) is 2.12. The predicted octanol–water partition coefficient (Wildman–Crippen LogP) is 1.46. The van der Waals surface area contributed by atoms with Crippen LogP contribution in [0, 0.1) is 0 Å². The Hall–Kier alpha value is -2.15. The summed E-state index contributed by atoms with van der Waals surface area (Å²) in [5.74, 6) is 0. The minimum atomic E-state index is -3.30. The van der Waals surface area contributed by atoms with E-state index in [1.807, 2.05) is 6.07 Å². The van der Waals surface area contributed by atoms with Gasteiger partial charge in [-0.1, -0.05) is 12.1 Å². The molecule has 19 heavy (non-hydrogen) atoms. The fraction of sp³-hybridized carbons (Fsp3) is 0.167. The number of nitrogens with zero attached hydrogens (tertiary/aromatic N) is 2. The molecule has 0 bridgehead atoms. The molecule has 1 aromatic carbocycles. The number of benzene rings is 1. The van der Waals surface area contributed by atoms with Gasteiger partial charge in [-0.3, -0.25) is 4.72 Å². The van der Waals surface area contributed by atoms with Crippen molar-refractivity contribution in [3.63, 3.8) is 0 Å². The number of para-hydroxylation sites is 2. The third-order valence-electron chi connectivity index (χ3n) is 2.32. The lowest BCUT2D eigenvalue weighted by molar-refractivity contribution is 0.607. The second-order valence-electron chi connectivity index (χ2n) is 4.02. The number of rotatable bonds is 5. The van der Waals surface area contributed by atoms with Crippen molar-refractivity contribution < 1.29 is 8.42 Å². The molecule has 0 amide bonds. The van der Waals surface area contributed by atoms with E-state index in [4.69, 9.17) is 0 Å². The van der Waals surface area contributed by atoms with Crippen LogP contribution in [0.1, 0.15) is 5.56 Å². The van der Waals surface area contributed by atoms with E-state index < -0.39 is 10.0 Å². The van der Waals surface area contributed by atoms with Gasteiger partial charge in [0.1, 0.15) is 6.33 Å². The Kier molecular flexibility index (Phi) is 3.96. The van der Waals surface area contributed by atoms with Crippen LogP contribution in [0.15, 0.2) is 43.0 Å². The van der Waals surface area contributed by atoms with Crippen molar-refractivity contribution in [1.82, 2.24) is 9.97 Å². The van der Waals surface area contributed by atoms with Crippen molar-refractivity contribution in [3.05, 3.63) is 48.5 Å². The van der Waals surface area contributed by atoms with E-state index >= 15 is 0 Å². The van der Waals surface area contributed by atoms with Crippen molar-refractivity contribution in [2.75, 3.05) is 16.3 Å². The third-order valence-corrected chi connectivity index (χ3v) is 2.91. The Morgan fingerprint density at radius 3 is 2.37 bits per heavy atom. The standard InChI is InChI=1S/C12H14N4O2S/c1-19(17,18)16-12-5-3-2-4-11(12)15-8-10-6-13-9-14-7-10/h2-7,9,15-16H,8H2,1H3. The van der Waals surface area contributed by atoms with Crippen LogP contribution in [0.4, 0.5) is 11.4 Å². The van der Waals surface area contributed by atoms with Crippen LogP contribution in [-0.2, 0) is 16.6 Å². The van der Waals surface area contributed by atoms with Crippen LogP contribution in [-0.4, -0.2) is 24.6 Å². The molecule has 6 nitrogen and oxygen atoms in total. The van der Waals surface area contributed by atoms with Gasteiger partial charge in [0.05, 0.1) is 17.6 Å². The number of hydrogen-bond donors (Lipinski definition) is 2. The largest absolute Gasteiger partial charge is 0.379 e. The minimum Gasteiger partial charge on any atom is -0.379 e. The van der Waals surface area contributed by atoms with E-state index in [9.17, 15) is 8.42 Å². The Bertz CT molecular complexity index is 644. The lowest BCUT2D eigenvalue weighted by Gasteiger charge is -2.12. The van der Waals surface area contributed by atoms with E-state index in [2.05, 4.69) is 20.0 Å². The molecule has 1 heterocycles. The summed E-state index contributed by atoms with van der Waals surface area (Å²) in [6.45, 7) is 0.517. The van der Waals surface area contributed by atoms with Gasteiger partial charge in [-0.05, 0) is 12.1 Å². The van der Waals surface area contributed by atoms with Gasteiger partial charge in [-0.15, -0.1) is 0 Å². The first-order valence-electron chi connectivity index (χ1n) is 5.59. The Morgan fingerprint density at radius 2 is 1.74 bits per heavy atom. The molecular weight excluding hydrogens is 264 g/mol. The molecule has 0 aliphatic carbocycles. The topological polar surface area (TPSA) is 84.0 Å². The maximum absolute atomic E-state index is 11.3. The van der Waals surface area contributed by atoms with Crippen LogP contribution in [0.2, 0.25) is 0 Å². The van der Waals surface area contributed by atoms with Crippen LogP contribution in [0.3, 0.4) is 0 Å². The van der Waals surface area contributed by atoms with Gasteiger partial charge in [-0.2, -0.15) is 0 Å². The summed E-state index contributed by atoms with van der Waals surface area (Å²) >= 11 is 0. The number of hydrogen-bond acceptors (Lipinski definition) is 5. The predicted molar refractivity (Wildman–Crippen MR) is 74.3 cm³/mol. The first-order valence-corrected chi connectivity index (χ1v) is 7.48. The van der Waals surface area contributed by atoms with Crippen LogP contribution >= 0.6 is 0 Å². The zero-order valence-corrected chi connectivity index (χ0v) is 11.2. The highest BCUT2D eigenvalue weighted by Gasteiger charge is 2.06. The van der Waals surface area contributed by atoms with Gasteiger partial charge in [0.2, 0.25) is 10.0 Å². The normalized spacial score (nSPS) is 11.0. The van der Waals surface area contributed by atoms with Crippen molar-refractivity contribution in [1.29, 1.82) is 0 Å². The first kappa shape index (κ1) is 13.3.